The third-order valence-electron chi connectivity index (χ3n) is 9.83. The number of para-hydroxylation sites is 2. The van der Waals surface area contributed by atoms with Crippen molar-refractivity contribution in [2.24, 2.45) is 0 Å². The van der Waals surface area contributed by atoms with Gasteiger partial charge in [-0.05, 0) is 98.5 Å². The van der Waals surface area contributed by atoms with Crippen molar-refractivity contribution in [3.05, 3.63) is 185 Å². The van der Waals surface area contributed by atoms with Crippen molar-refractivity contribution < 1.29 is 0 Å². The molecule has 0 aliphatic heterocycles. The fourth-order valence-electron chi connectivity index (χ4n) is 7.32. The van der Waals surface area contributed by atoms with Crippen LogP contribution in [0.15, 0.2) is 168 Å². The fourth-order valence-corrected chi connectivity index (χ4v) is 7.66. The Morgan fingerprint density at radius 1 is 0.510 bits per heavy atom. The molecule has 0 saturated carbocycles. The van der Waals surface area contributed by atoms with Crippen molar-refractivity contribution in [2.75, 3.05) is 5.73 Å². The molecule has 0 amide bonds. The summed E-state index contributed by atoms with van der Waals surface area (Å²) in [5, 5.41) is 2.24. The highest BCUT2D eigenvalue weighted by Crippen LogP contribution is 2.34. The standard InChI is InChI=1S/C46H33IN4/c47-28-27-43-45(48)39-6-1-3-8-41(39)50(43)37-23-19-35(20-24-37)33-15-11-31(12-16-33)30-32-13-17-34(18-14-32)36-21-25-38(26-22-36)51-42-9-4-2-7-40(42)46-44(51)10-5-29-49-46/h1-29H,30,48H2/b28-27-. The lowest BCUT2D eigenvalue weighted by atomic mass is 9.98. The Kier molecular flexibility index (Phi) is 7.97. The Morgan fingerprint density at radius 2 is 0.980 bits per heavy atom. The van der Waals surface area contributed by atoms with Gasteiger partial charge >= 0.3 is 0 Å². The van der Waals surface area contributed by atoms with Crippen molar-refractivity contribution in [3.63, 3.8) is 0 Å². The zero-order valence-electron chi connectivity index (χ0n) is 27.7. The van der Waals surface area contributed by atoms with Crippen LogP contribution in [0.5, 0.6) is 0 Å². The van der Waals surface area contributed by atoms with E-state index in [2.05, 4.69) is 188 Å². The Bertz CT molecular complexity index is 2650. The van der Waals surface area contributed by atoms with Crippen molar-refractivity contribution in [1.29, 1.82) is 0 Å². The third kappa shape index (κ3) is 5.60. The molecule has 6 aromatic carbocycles. The maximum absolute atomic E-state index is 6.56. The molecule has 0 bridgehead atoms. The second kappa shape index (κ2) is 13.1. The van der Waals surface area contributed by atoms with Crippen molar-refractivity contribution >= 4 is 67.2 Å². The van der Waals surface area contributed by atoms with Gasteiger partial charge in [0.15, 0.2) is 0 Å². The highest BCUT2D eigenvalue weighted by atomic mass is 127. The molecule has 0 unspecified atom stereocenters. The van der Waals surface area contributed by atoms with Crippen molar-refractivity contribution in [1.82, 2.24) is 14.1 Å². The number of benzene rings is 6. The summed E-state index contributed by atoms with van der Waals surface area (Å²) in [5.41, 5.74) is 22.4. The maximum atomic E-state index is 6.56. The molecule has 5 heteroatoms. The van der Waals surface area contributed by atoms with Crippen LogP contribution in [0.25, 0.3) is 72.5 Å². The molecule has 244 valence electrons. The predicted molar refractivity (Wildman–Crippen MR) is 223 cm³/mol. The lowest BCUT2D eigenvalue weighted by Crippen LogP contribution is -1.98. The van der Waals surface area contributed by atoms with Gasteiger partial charge in [-0.1, -0.05) is 132 Å². The fraction of sp³-hybridized carbons (Fsp3) is 0.0217. The van der Waals surface area contributed by atoms with E-state index in [1.807, 2.05) is 22.4 Å². The molecular formula is C46H33IN4. The van der Waals surface area contributed by atoms with E-state index in [-0.39, 0.29) is 0 Å². The summed E-state index contributed by atoms with van der Waals surface area (Å²) in [6.07, 6.45) is 4.82. The van der Waals surface area contributed by atoms with Crippen LogP contribution in [0.3, 0.4) is 0 Å². The van der Waals surface area contributed by atoms with Crippen molar-refractivity contribution in [3.8, 4) is 33.6 Å². The molecule has 4 nitrogen and oxygen atoms in total. The lowest BCUT2D eigenvalue weighted by Gasteiger charge is -2.11. The first-order valence-corrected chi connectivity index (χ1v) is 18.3. The number of aromatic nitrogens is 3. The molecule has 0 aliphatic rings. The highest BCUT2D eigenvalue weighted by molar-refractivity contribution is 14.1. The summed E-state index contributed by atoms with van der Waals surface area (Å²) >= 11 is 2.25. The average Bonchev–Trinajstić information content (AvgIpc) is 3.67. The van der Waals surface area contributed by atoms with E-state index < -0.39 is 0 Å². The van der Waals surface area contributed by atoms with Crippen LogP contribution >= 0.6 is 22.6 Å². The van der Waals surface area contributed by atoms with E-state index in [9.17, 15) is 0 Å². The van der Waals surface area contributed by atoms with Crippen LogP contribution in [0.2, 0.25) is 0 Å². The number of nitrogen functional groups attached to an aromatic ring is 1. The molecular weight excluding hydrogens is 735 g/mol. The molecule has 3 heterocycles. The van der Waals surface area contributed by atoms with E-state index in [0.29, 0.717) is 0 Å². The topological polar surface area (TPSA) is 48.8 Å². The molecule has 0 aliphatic carbocycles. The number of nitrogens with zero attached hydrogens (tertiary/aromatic N) is 3. The molecule has 2 N–H and O–H groups in total. The second-order valence-corrected chi connectivity index (χ2v) is 13.6. The van der Waals surface area contributed by atoms with Gasteiger partial charge in [-0.25, -0.2) is 0 Å². The first-order chi connectivity index (χ1) is 25.2. The van der Waals surface area contributed by atoms with Crippen LogP contribution in [0.4, 0.5) is 5.69 Å². The van der Waals surface area contributed by atoms with Crippen LogP contribution in [0, 0.1) is 0 Å². The molecule has 51 heavy (non-hydrogen) atoms. The summed E-state index contributed by atoms with van der Waals surface area (Å²) in [4.78, 5) is 4.68. The summed E-state index contributed by atoms with van der Waals surface area (Å²) < 4.78 is 6.54. The molecule has 0 saturated heterocycles. The minimum absolute atomic E-state index is 0.802. The summed E-state index contributed by atoms with van der Waals surface area (Å²) in [7, 11) is 0. The minimum Gasteiger partial charge on any atom is -0.396 e. The minimum atomic E-state index is 0.802. The summed E-state index contributed by atoms with van der Waals surface area (Å²) in [6, 6.07) is 56.4. The van der Waals surface area contributed by atoms with Gasteiger partial charge in [-0.15, -0.1) is 0 Å². The van der Waals surface area contributed by atoms with E-state index in [1.54, 1.807) is 0 Å². The Hall–Kier alpha value is -5.92. The first-order valence-electron chi connectivity index (χ1n) is 17.1. The third-order valence-corrected chi connectivity index (χ3v) is 10.2. The van der Waals surface area contributed by atoms with Crippen LogP contribution in [-0.4, -0.2) is 14.1 Å². The van der Waals surface area contributed by atoms with Gasteiger partial charge in [0.1, 0.15) is 0 Å². The Labute approximate surface area is 310 Å². The van der Waals surface area contributed by atoms with E-state index >= 15 is 0 Å². The average molecular weight is 769 g/mol. The van der Waals surface area contributed by atoms with Crippen LogP contribution in [0.1, 0.15) is 16.8 Å². The quantitative estimate of drug-likeness (QED) is 0.164. The molecule has 9 rings (SSSR count). The number of pyridine rings is 1. The smallest absolute Gasteiger partial charge is 0.0963 e. The molecule has 0 fully saturated rings. The number of nitrogens with two attached hydrogens (primary N) is 1. The van der Waals surface area contributed by atoms with Crippen LogP contribution in [-0.2, 0) is 6.42 Å². The molecule has 0 atom stereocenters. The molecule has 0 radical (unpaired) electrons. The molecule has 3 aromatic heterocycles. The zero-order valence-corrected chi connectivity index (χ0v) is 29.9. The molecule has 9 aromatic rings. The number of anilines is 1. The maximum Gasteiger partial charge on any atom is 0.0963 e. The summed E-state index contributed by atoms with van der Waals surface area (Å²) in [5.74, 6) is 0. The largest absolute Gasteiger partial charge is 0.396 e. The van der Waals surface area contributed by atoms with Gasteiger partial charge in [-0.2, -0.15) is 0 Å². The molecule has 0 spiro atoms. The van der Waals surface area contributed by atoms with Gasteiger partial charge < -0.3 is 14.9 Å². The van der Waals surface area contributed by atoms with Gasteiger partial charge in [-0.3, -0.25) is 4.98 Å². The summed E-state index contributed by atoms with van der Waals surface area (Å²) in [6.45, 7) is 0. The predicted octanol–water partition coefficient (Wildman–Crippen LogP) is 12.0. The van der Waals surface area contributed by atoms with E-state index in [1.165, 1.54) is 44.3 Å². The highest BCUT2D eigenvalue weighted by Gasteiger charge is 2.15. The number of hydrogen-bond donors (Lipinski definition) is 1. The van der Waals surface area contributed by atoms with Gasteiger partial charge in [0, 0.05) is 28.3 Å². The SMILES string of the molecule is Nc1c(/C=C\I)n(-c2ccc(-c3ccc(Cc4ccc(-c5ccc(-n6c7ccccc7c7ncccc76)cc5)cc4)cc3)cc2)c2ccccc12. The number of rotatable bonds is 7. The number of halogens is 1. The number of fused-ring (bicyclic) bond motifs is 4. The zero-order chi connectivity index (χ0) is 34.3. The van der Waals surface area contributed by atoms with E-state index in [0.717, 1.165) is 51.1 Å². The van der Waals surface area contributed by atoms with Gasteiger partial charge in [0.25, 0.3) is 0 Å². The van der Waals surface area contributed by atoms with Gasteiger partial charge in [0.05, 0.1) is 33.4 Å². The monoisotopic (exact) mass is 768 g/mol. The van der Waals surface area contributed by atoms with Gasteiger partial charge in [0.2, 0.25) is 0 Å². The normalized spacial score (nSPS) is 11.7. The Balaban J connectivity index is 0.906. The first kappa shape index (κ1) is 31.1. The number of hydrogen-bond acceptors (Lipinski definition) is 2. The van der Waals surface area contributed by atoms with E-state index in [4.69, 9.17) is 5.73 Å². The second-order valence-electron chi connectivity index (χ2n) is 12.8. The van der Waals surface area contributed by atoms with Crippen LogP contribution < -0.4 is 5.73 Å². The van der Waals surface area contributed by atoms with Crippen molar-refractivity contribution in [2.45, 2.75) is 6.42 Å². The Morgan fingerprint density at radius 3 is 1.55 bits per heavy atom. The lowest BCUT2D eigenvalue weighted by molar-refractivity contribution is 1.11.